The average Bonchev–Trinajstić information content (AvgIpc) is 3.44. The molecular weight excluding hydrogens is 468 g/mol. The topological polar surface area (TPSA) is 91.8 Å². The molecule has 1 aromatic heterocycles. The second kappa shape index (κ2) is 13.9. The van der Waals surface area contributed by atoms with Crippen molar-refractivity contribution in [2.75, 3.05) is 62.7 Å². The van der Waals surface area contributed by atoms with Crippen LogP contribution >= 0.6 is 0 Å². The Labute approximate surface area is 220 Å². The number of anilines is 3. The molecule has 0 bridgehead atoms. The number of aromatic nitrogens is 2. The van der Waals surface area contributed by atoms with E-state index >= 15 is 0 Å². The highest BCUT2D eigenvalue weighted by atomic mass is 16.5. The molecule has 3 heterocycles. The summed E-state index contributed by atoms with van der Waals surface area (Å²) in [5.74, 6) is 2.26. The summed E-state index contributed by atoms with van der Waals surface area (Å²) >= 11 is 0. The van der Waals surface area contributed by atoms with Crippen LogP contribution in [0.4, 0.5) is 17.5 Å². The van der Waals surface area contributed by atoms with Crippen LogP contribution in [0.1, 0.15) is 38.2 Å². The predicted molar refractivity (Wildman–Crippen MR) is 146 cm³/mol. The highest BCUT2D eigenvalue weighted by Crippen LogP contribution is 2.27. The largest absolute Gasteiger partial charge is 0.492 e. The molecule has 2 N–H and O–H groups in total. The summed E-state index contributed by atoms with van der Waals surface area (Å²) in [5.41, 5.74) is 1.82. The summed E-state index contributed by atoms with van der Waals surface area (Å²) in [6, 6.07) is 7.88. The molecule has 0 saturated carbocycles. The highest BCUT2D eigenvalue weighted by molar-refractivity contribution is 5.79. The Bertz CT molecular complexity index is 1030. The Kier molecular flexibility index (Phi) is 10.1. The summed E-state index contributed by atoms with van der Waals surface area (Å²) in [6.45, 7) is 12.7. The number of carbonyl (C=O) groups is 1. The predicted octanol–water partition coefficient (Wildman–Crippen LogP) is 3.75. The first-order chi connectivity index (χ1) is 18.2. The van der Waals surface area contributed by atoms with E-state index < -0.39 is 0 Å². The molecule has 4 rings (SSSR count). The molecule has 0 radical (unpaired) electrons. The van der Waals surface area contributed by atoms with Gasteiger partial charge in [-0.1, -0.05) is 6.08 Å². The number of benzene rings is 1. The summed E-state index contributed by atoms with van der Waals surface area (Å²) < 4.78 is 11.9. The number of piperidine rings is 1. The molecule has 0 aliphatic carbocycles. The summed E-state index contributed by atoms with van der Waals surface area (Å²) in [4.78, 5) is 26.1. The van der Waals surface area contributed by atoms with Crippen molar-refractivity contribution in [3.05, 3.63) is 48.7 Å². The molecule has 2 fully saturated rings. The third-order valence-electron chi connectivity index (χ3n) is 6.78. The van der Waals surface area contributed by atoms with Gasteiger partial charge in [-0.25, -0.2) is 4.98 Å². The highest BCUT2D eigenvalue weighted by Gasteiger charge is 2.26. The van der Waals surface area contributed by atoms with Gasteiger partial charge in [-0.2, -0.15) is 4.98 Å². The summed E-state index contributed by atoms with van der Waals surface area (Å²) in [6.07, 6.45) is 7.91. The van der Waals surface area contributed by atoms with Crippen molar-refractivity contribution < 1.29 is 14.3 Å². The van der Waals surface area contributed by atoms with Gasteiger partial charge in [-0.05, 0) is 70.0 Å². The van der Waals surface area contributed by atoms with E-state index in [1.807, 2.05) is 31.2 Å². The van der Waals surface area contributed by atoms with Crippen molar-refractivity contribution in [2.45, 2.75) is 39.2 Å². The number of nitrogens with zero attached hydrogens (tertiary/aromatic N) is 4. The van der Waals surface area contributed by atoms with Crippen molar-refractivity contribution in [1.29, 1.82) is 0 Å². The average molecular weight is 509 g/mol. The van der Waals surface area contributed by atoms with Crippen LogP contribution in [0.25, 0.3) is 0 Å². The fraction of sp³-hybridized carbons (Fsp3) is 0.536. The van der Waals surface area contributed by atoms with E-state index in [0.717, 1.165) is 61.8 Å². The van der Waals surface area contributed by atoms with Crippen LogP contribution in [0.2, 0.25) is 0 Å². The fourth-order valence-corrected chi connectivity index (χ4v) is 4.89. The molecule has 2 saturated heterocycles. The van der Waals surface area contributed by atoms with Gasteiger partial charge in [0.15, 0.2) is 0 Å². The first-order valence-electron chi connectivity index (χ1n) is 13.5. The van der Waals surface area contributed by atoms with E-state index in [0.29, 0.717) is 38.9 Å². The Balaban J connectivity index is 1.41. The van der Waals surface area contributed by atoms with Crippen LogP contribution in [0.5, 0.6) is 5.75 Å². The third-order valence-corrected chi connectivity index (χ3v) is 6.78. The van der Waals surface area contributed by atoms with Crippen LogP contribution in [0, 0.1) is 5.92 Å². The normalized spacial score (nSPS) is 18.0. The van der Waals surface area contributed by atoms with Crippen molar-refractivity contribution in [1.82, 2.24) is 20.2 Å². The first kappa shape index (κ1) is 26.9. The van der Waals surface area contributed by atoms with Gasteiger partial charge in [0.05, 0.1) is 19.1 Å². The van der Waals surface area contributed by atoms with E-state index in [4.69, 9.17) is 14.5 Å². The van der Waals surface area contributed by atoms with Crippen LogP contribution in [-0.4, -0.2) is 73.3 Å². The lowest BCUT2D eigenvalue weighted by atomic mass is 9.97. The molecule has 1 atom stereocenters. The molecule has 2 aliphatic rings. The molecule has 0 spiro atoms. The second-order valence-corrected chi connectivity index (χ2v) is 9.57. The van der Waals surface area contributed by atoms with Gasteiger partial charge in [0.2, 0.25) is 11.9 Å². The second-order valence-electron chi connectivity index (χ2n) is 9.57. The van der Waals surface area contributed by atoms with Crippen molar-refractivity contribution in [2.24, 2.45) is 5.92 Å². The maximum atomic E-state index is 12.4. The monoisotopic (exact) mass is 508 g/mol. The van der Waals surface area contributed by atoms with E-state index in [-0.39, 0.29) is 11.8 Å². The minimum atomic E-state index is -0.0174. The lowest BCUT2D eigenvalue weighted by molar-refractivity contribution is -0.125. The third kappa shape index (κ3) is 7.90. The van der Waals surface area contributed by atoms with Crippen molar-refractivity contribution >= 4 is 23.4 Å². The molecule has 1 unspecified atom stereocenters. The van der Waals surface area contributed by atoms with Gasteiger partial charge < -0.3 is 25.0 Å². The van der Waals surface area contributed by atoms with Crippen LogP contribution in [-0.2, 0) is 16.1 Å². The Morgan fingerprint density at radius 2 is 2.08 bits per heavy atom. The molecule has 1 aromatic carbocycles. The number of carbonyl (C=O) groups excluding carboxylic acids is 1. The maximum absolute atomic E-state index is 12.4. The minimum Gasteiger partial charge on any atom is -0.492 e. The van der Waals surface area contributed by atoms with Gasteiger partial charge in [0, 0.05) is 43.6 Å². The number of likely N-dealkylation sites (tertiary alicyclic amines) is 1. The lowest BCUT2D eigenvalue weighted by Crippen LogP contribution is -2.43. The Morgan fingerprint density at radius 1 is 1.22 bits per heavy atom. The van der Waals surface area contributed by atoms with Gasteiger partial charge in [0.25, 0.3) is 0 Å². The molecule has 2 aromatic rings. The van der Waals surface area contributed by atoms with E-state index in [1.54, 1.807) is 12.3 Å². The van der Waals surface area contributed by atoms with Gasteiger partial charge >= 0.3 is 0 Å². The zero-order valence-electron chi connectivity index (χ0n) is 22.0. The Hall–Kier alpha value is -3.17. The minimum absolute atomic E-state index is 0.0174. The summed E-state index contributed by atoms with van der Waals surface area (Å²) in [5, 5.41) is 6.28. The number of rotatable bonds is 13. The molecule has 37 heavy (non-hydrogen) atoms. The standard InChI is InChI=1S/C28H40N6O3/c1-3-17-36-21-23-19-24(9-10-25(23)37-18-16-33-13-5-6-14-33)31-28-30-12-11-26(32-28)34-15-7-8-22(20-34)27(35)29-4-2/h3,9-12,19,22H,1,4-8,13-18,20-21H2,2H3,(H,29,35)(H,30,31,32). The van der Waals surface area contributed by atoms with Crippen molar-refractivity contribution in [3.8, 4) is 5.75 Å². The van der Waals surface area contributed by atoms with E-state index in [1.165, 1.54) is 12.8 Å². The number of nitrogens with one attached hydrogen (secondary N) is 2. The molecule has 9 heteroatoms. The van der Waals surface area contributed by atoms with Crippen molar-refractivity contribution in [3.63, 3.8) is 0 Å². The molecule has 9 nitrogen and oxygen atoms in total. The SMILES string of the molecule is C=CCOCc1cc(Nc2nccc(N3CCCC(C(=O)NCC)C3)n2)ccc1OCCN1CCCC1. The quantitative estimate of drug-likeness (QED) is 0.312. The number of amides is 1. The molecule has 2 aliphatic heterocycles. The zero-order valence-corrected chi connectivity index (χ0v) is 22.0. The van der Waals surface area contributed by atoms with Crippen LogP contribution in [0.3, 0.4) is 0 Å². The molecular formula is C28H40N6O3. The summed E-state index contributed by atoms with van der Waals surface area (Å²) in [7, 11) is 0. The van der Waals surface area contributed by atoms with E-state index in [9.17, 15) is 4.79 Å². The first-order valence-corrected chi connectivity index (χ1v) is 13.5. The smallest absolute Gasteiger partial charge is 0.229 e. The van der Waals surface area contributed by atoms with Gasteiger partial charge in [0.1, 0.15) is 18.2 Å². The fourth-order valence-electron chi connectivity index (χ4n) is 4.89. The van der Waals surface area contributed by atoms with Gasteiger partial charge in [-0.15, -0.1) is 6.58 Å². The van der Waals surface area contributed by atoms with Gasteiger partial charge in [-0.3, -0.25) is 9.69 Å². The number of ether oxygens (including phenoxy) is 2. The van der Waals surface area contributed by atoms with Crippen LogP contribution < -0.4 is 20.3 Å². The van der Waals surface area contributed by atoms with E-state index in [2.05, 4.69) is 32.0 Å². The van der Waals surface area contributed by atoms with Crippen LogP contribution in [0.15, 0.2) is 43.1 Å². The number of hydrogen-bond acceptors (Lipinski definition) is 8. The maximum Gasteiger partial charge on any atom is 0.229 e. The number of hydrogen-bond donors (Lipinski definition) is 2. The molecule has 1 amide bonds. The lowest BCUT2D eigenvalue weighted by Gasteiger charge is -2.32. The Morgan fingerprint density at radius 3 is 2.89 bits per heavy atom. The molecule has 200 valence electrons. The zero-order chi connectivity index (χ0) is 25.9.